The summed E-state index contributed by atoms with van der Waals surface area (Å²) in [6, 6.07) is 0. The molecule has 2 saturated heterocycles. The molecule has 1 N–H and O–H groups in total. The molecule has 0 aliphatic carbocycles. The molecule has 0 saturated carbocycles. The average Bonchev–Trinajstić information content (AvgIpc) is 3.16. The number of aliphatic imine (C=N–C) groups is 1. The Balaban J connectivity index is 0.00000264. The van der Waals surface area contributed by atoms with Crippen LogP contribution in [0.4, 0.5) is 0 Å². The maximum absolute atomic E-state index is 5.29. The maximum Gasteiger partial charge on any atom is 0.193 e. The number of methoxy groups -OCH3 is 1. The SMILES string of the molecule is CCNC(=NCC(C)CN1CCCC1)N1CCC(COC)C1.I. The molecule has 0 aromatic carbocycles. The fourth-order valence-electron chi connectivity index (χ4n) is 3.53. The lowest BCUT2D eigenvalue weighted by Crippen LogP contribution is -2.40. The summed E-state index contributed by atoms with van der Waals surface area (Å²) >= 11 is 0. The highest BCUT2D eigenvalue weighted by Crippen LogP contribution is 2.17. The Morgan fingerprint density at radius 2 is 2.04 bits per heavy atom. The molecule has 2 fully saturated rings. The predicted octanol–water partition coefficient (Wildman–Crippen LogP) is 2.27. The van der Waals surface area contributed by atoms with Crippen molar-refractivity contribution < 1.29 is 4.74 Å². The van der Waals surface area contributed by atoms with E-state index in [1.165, 1.54) is 38.9 Å². The Morgan fingerprint density at radius 3 is 2.70 bits per heavy atom. The monoisotopic (exact) mass is 438 g/mol. The summed E-state index contributed by atoms with van der Waals surface area (Å²) in [4.78, 5) is 9.88. The molecular formula is C17H35IN4O. The van der Waals surface area contributed by atoms with Crippen LogP contribution in [0, 0.1) is 11.8 Å². The van der Waals surface area contributed by atoms with E-state index in [1.54, 1.807) is 7.11 Å². The summed E-state index contributed by atoms with van der Waals surface area (Å²) in [5.41, 5.74) is 0. The van der Waals surface area contributed by atoms with Gasteiger partial charge in [0.25, 0.3) is 0 Å². The van der Waals surface area contributed by atoms with Crippen LogP contribution >= 0.6 is 24.0 Å². The van der Waals surface area contributed by atoms with Crippen molar-refractivity contribution in [3.05, 3.63) is 0 Å². The zero-order valence-electron chi connectivity index (χ0n) is 15.1. The highest BCUT2D eigenvalue weighted by molar-refractivity contribution is 14.0. The number of likely N-dealkylation sites (tertiary alicyclic amines) is 2. The number of hydrogen-bond donors (Lipinski definition) is 1. The van der Waals surface area contributed by atoms with E-state index in [0.29, 0.717) is 11.8 Å². The molecule has 23 heavy (non-hydrogen) atoms. The lowest BCUT2D eigenvalue weighted by molar-refractivity contribution is 0.157. The van der Waals surface area contributed by atoms with Crippen LogP contribution in [0.5, 0.6) is 0 Å². The van der Waals surface area contributed by atoms with E-state index >= 15 is 0 Å². The van der Waals surface area contributed by atoms with Crippen LogP contribution in [0.25, 0.3) is 0 Å². The molecule has 0 radical (unpaired) electrons. The zero-order chi connectivity index (χ0) is 15.8. The Kier molecular flexibility index (Phi) is 10.5. The Bertz CT molecular complexity index is 347. The second-order valence-corrected chi connectivity index (χ2v) is 6.86. The quantitative estimate of drug-likeness (QED) is 0.376. The smallest absolute Gasteiger partial charge is 0.193 e. The number of halogens is 1. The average molecular weight is 438 g/mol. The van der Waals surface area contributed by atoms with Crippen LogP contribution in [0.2, 0.25) is 0 Å². The number of guanidine groups is 1. The van der Waals surface area contributed by atoms with Crippen molar-refractivity contribution >= 4 is 29.9 Å². The highest BCUT2D eigenvalue weighted by atomic mass is 127. The number of nitrogens with one attached hydrogen (secondary N) is 1. The second-order valence-electron chi connectivity index (χ2n) is 6.86. The van der Waals surface area contributed by atoms with Gasteiger partial charge in [-0.05, 0) is 45.2 Å². The van der Waals surface area contributed by atoms with E-state index in [2.05, 4.69) is 29.0 Å². The molecule has 0 amide bonds. The van der Waals surface area contributed by atoms with Crippen molar-refractivity contribution in [2.45, 2.75) is 33.1 Å². The van der Waals surface area contributed by atoms with Gasteiger partial charge in [0.1, 0.15) is 0 Å². The topological polar surface area (TPSA) is 40.1 Å². The predicted molar refractivity (Wildman–Crippen MR) is 108 cm³/mol. The first-order valence-electron chi connectivity index (χ1n) is 8.97. The molecule has 0 aromatic heterocycles. The van der Waals surface area contributed by atoms with Crippen molar-refractivity contribution in [3.8, 4) is 0 Å². The molecule has 2 rings (SSSR count). The molecule has 2 atom stereocenters. The zero-order valence-corrected chi connectivity index (χ0v) is 17.4. The molecule has 0 spiro atoms. The largest absolute Gasteiger partial charge is 0.384 e. The summed E-state index contributed by atoms with van der Waals surface area (Å²) in [6.45, 7) is 13.1. The molecule has 2 unspecified atom stereocenters. The summed E-state index contributed by atoms with van der Waals surface area (Å²) in [7, 11) is 1.79. The molecule has 2 aliphatic rings. The number of hydrogen-bond acceptors (Lipinski definition) is 3. The van der Waals surface area contributed by atoms with Gasteiger partial charge in [0.2, 0.25) is 0 Å². The van der Waals surface area contributed by atoms with E-state index in [1.807, 2.05) is 0 Å². The van der Waals surface area contributed by atoms with E-state index in [4.69, 9.17) is 9.73 Å². The molecular weight excluding hydrogens is 403 g/mol. The van der Waals surface area contributed by atoms with Crippen LogP contribution in [0.15, 0.2) is 4.99 Å². The number of rotatable bonds is 7. The van der Waals surface area contributed by atoms with Gasteiger partial charge in [0.05, 0.1) is 6.61 Å². The van der Waals surface area contributed by atoms with Gasteiger partial charge in [0, 0.05) is 45.8 Å². The first-order chi connectivity index (χ1) is 10.7. The number of ether oxygens (including phenoxy) is 1. The molecule has 5 nitrogen and oxygen atoms in total. The first kappa shape index (κ1) is 21.0. The fraction of sp³-hybridized carbons (Fsp3) is 0.941. The van der Waals surface area contributed by atoms with E-state index in [-0.39, 0.29) is 24.0 Å². The lowest BCUT2D eigenvalue weighted by atomic mass is 10.1. The third-order valence-corrected chi connectivity index (χ3v) is 4.64. The van der Waals surface area contributed by atoms with Crippen LogP contribution < -0.4 is 5.32 Å². The van der Waals surface area contributed by atoms with Crippen LogP contribution in [-0.4, -0.2) is 75.3 Å². The summed E-state index contributed by atoms with van der Waals surface area (Å²) in [5, 5.41) is 3.46. The summed E-state index contributed by atoms with van der Waals surface area (Å²) < 4.78 is 5.29. The Morgan fingerprint density at radius 1 is 1.30 bits per heavy atom. The van der Waals surface area contributed by atoms with Gasteiger partial charge in [-0.2, -0.15) is 0 Å². The standard InChI is InChI=1S/C17H34N4O.HI/c1-4-18-17(21-10-7-16(13-21)14-22-3)19-11-15(2)12-20-8-5-6-9-20;/h15-16H,4-14H2,1-3H3,(H,18,19);1H. The normalized spacial score (nSPS) is 23.9. The van der Waals surface area contributed by atoms with Gasteiger partial charge < -0.3 is 19.9 Å². The fourth-order valence-corrected chi connectivity index (χ4v) is 3.53. The van der Waals surface area contributed by atoms with Gasteiger partial charge in [-0.25, -0.2) is 0 Å². The van der Waals surface area contributed by atoms with Crippen molar-refractivity contribution in [1.29, 1.82) is 0 Å². The van der Waals surface area contributed by atoms with Gasteiger partial charge in [-0.1, -0.05) is 6.92 Å². The van der Waals surface area contributed by atoms with E-state index < -0.39 is 0 Å². The Labute approximate surface area is 159 Å². The molecule has 2 aliphatic heterocycles. The summed E-state index contributed by atoms with van der Waals surface area (Å²) in [6.07, 6.45) is 3.95. The Hall–Kier alpha value is -0.0800. The molecule has 136 valence electrons. The minimum Gasteiger partial charge on any atom is -0.384 e. The van der Waals surface area contributed by atoms with Gasteiger partial charge in [-0.3, -0.25) is 4.99 Å². The van der Waals surface area contributed by atoms with Crippen molar-refractivity contribution in [3.63, 3.8) is 0 Å². The third-order valence-electron chi connectivity index (χ3n) is 4.64. The van der Waals surface area contributed by atoms with Crippen LogP contribution in [0.3, 0.4) is 0 Å². The van der Waals surface area contributed by atoms with E-state index in [9.17, 15) is 0 Å². The lowest BCUT2D eigenvalue weighted by Gasteiger charge is -2.23. The number of nitrogens with zero attached hydrogens (tertiary/aromatic N) is 3. The van der Waals surface area contributed by atoms with Gasteiger partial charge in [-0.15, -0.1) is 24.0 Å². The first-order valence-corrected chi connectivity index (χ1v) is 8.97. The van der Waals surface area contributed by atoms with Crippen LogP contribution in [0.1, 0.15) is 33.1 Å². The van der Waals surface area contributed by atoms with Gasteiger partial charge >= 0.3 is 0 Å². The minimum atomic E-state index is 0. The highest BCUT2D eigenvalue weighted by Gasteiger charge is 2.24. The summed E-state index contributed by atoms with van der Waals surface area (Å²) in [5.74, 6) is 2.37. The maximum atomic E-state index is 5.29. The molecule has 0 bridgehead atoms. The third kappa shape index (κ3) is 7.13. The minimum absolute atomic E-state index is 0. The van der Waals surface area contributed by atoms with Crippen LogP contribution in [-0.2, 0) is 4.74 Å². The van der Waals surface area contributed by atoms with Gasteiger partial charge in [0.15, 0.2) is 5.96 Å². The molecule has 0 aromatic rings. The van der Waals surface area contributed by atoms with E-state index in [0.717, 1.165) is 38.7 Å². The van der Waals surface area contributed by atoms with Crippen molar-refractivity contribution in [2.24, 2.45) is 16.8 Å². The van der Waals surface area contributed by atoms with Crippen molar-refractivity contribution in [2.75, 3.05) is 59.5 Å². The molecule has 6 heteroatoms. The molecule has 2 heterocycles. The second kappa shape index (κ2) is 11.5. The van der Waals surface area contributed by atoms with Crippen molar-refractivity contribution in [1.82, 2.24) is 15.1 Å².